The van der Waals surface area contributed by atoms with Gasteiger partial charge in [0.15, 0.2) is 5.65 Å². The highest BCUT2D eigenvalue weighted by atomic mass is 19.1. The third-order valence-electron chi connectivity index (χ3n) is 4.90. The molecule has 0 bridgehead atoms. The Morgan fingerprint density at radius 3 is 2.45 bits per heavy atom. The van der Waals surface area contributed by atoms with Gasteiger partial charge in [-0.2, -0.15) is 5.10 Å². The van der Waals surface area contributed by atoms with Crippen LogP contribution in [0.15, 0.2) is 60.7 Å². The number of benzene rings is 2. The third-order valence-corrected chi connectivity index (χ3v) is 4.90. The molecule has 4 rings (SSSR count). The summed E-state index contributed by atoms with van der Waals surface area (Å²) >= 11 is 0. The molecule has 0 fully saturated rings. The molecule has 6 heteroatoms. The van der Waals surface area contributed by atoms with Gasteiger partial charge >= 0.3 is 0 Å². The van der Waals surface area contributed by atoms with Gasteiger partial charge in [-0.1, -0.05) is 30.3 Å². The van der Waals surface area contributed by atoms with E-state index < -0.39 is 0 Å². The molecular formula is C23H21FN4O. The largest absolute Gasteiger partial charge is 0.345 e. The Kier molecular flexibility index (Phi) is 4.84. The summed E-state index contributed by atoms with van der Waals surface area (Å²) in [6, 6.07) is 17.5. The van der Waals surface area contributed by atoms with Crippen molar-refractivity contribution in [3.8, 4) is 5.69 Å². The number of rotatable bonds is 4. The standard InChI is InChI=1S/C23H21FN4O/c1-14-13-20(23(29)26-15(2)17-7-5-4-6-8-17)21-16(3)27-28(22(21)25-14)19-11-9-18(24)10-12-19/h4-13,15H,1-3H3,(H,26,29)/t15-/m1/s1. The zero-order valence-electron chi connectivity index (χ0n) is 16.5. The SMILES string of the molecule is Cc1cc(C(=O)N[C@H](C)c2ccccc2)c2c(C)nn(-c3ccc(F)cc3)c2n1. The summed E-state index contributed by atoms with van der Waals surface area (Å²) in [6.45, 7) is 5.64. The number of carbonyl (C=O) groups excluding carboxylic acids is 1. The van der Waals surface area contributed by atoms with Crippen molar-refractivity contribution in [2.24, 2.45) is 0 Å². The Morgan fingerprint density at radius 2 is 1.76 bits per heavy atom. The van der Waals surface area contributed by atoms with Gasteiger partial charge in [-0.15, -0.1) is 0 Å². The Labute approximate surface area is 168 Å². The van der Waals surface area contributed by atoms with E-state index in [2.05, 4.69) is 15.4 Å². The molecule has 146 valence electrons. The third kappa shape index (κ3) is 3.61. The second-order valence-corrected chi connectivity index (χ2v) is 7.09. The molecule has 29 heavy (non-hydrogen) atoms. The normalized spacial score (nSPS) is 12.1. The lowest BCUT2D eigenvalue weighted by molar-refractivity contribution is 0.0941. The molecule has 0 aliphatic rings. The van der Waals surface area contributed by atoms with Crippen molar-refractivity contribution < 1.29 is 9.18 Å². The minimum Gasteiger partial charge on any atom is -0.345 e. The maximum atomic E-state index is 13.3. The van der Waals surface area contributed by atoms with Crippen LogP contribution in [0.2, 0.25) is 0 Å². The number of fused-ring (bicyclic) bond motifs is 1. The van der Waals surface area contributed by atoms with E-state index in [9.17, 15) is 9.18 Å². The molecular weight excluding hydrogens is 367 g/mol. The Morgan fingerprint density at radius 1 is 1.07 bits per heavy atom. The monoisotopic (exact) mass is 388 g/mol. The second kappa shape index (κ2) is 7.47. The molecule has 0 saturated heterocycles. The van der Waals surface area contributed by atoms with E-state index in [4.69, 9.17) is 0 Å². The number of hydrogen-bond donors (Lipinski definition) is 1. The number of pyridine rings is 1. The van der Waals surface area contributed by atoms with Crippen molar-refractivity contribution in [1.82, 2.24) is 20.1 Å². The Balaban J connectivity index is 1.77. The summed E-state index contributed by atoms with van der Waals surface area (Å²) in [4.78, 5) is 17.7. The number of amides is 1. The van der Waals surface area contributed by atoms with Crippen LogP contribution < -0.4 is 5.32 Å². The number of nitrogens with one attached hydrogen (secondary N) is 1. The van der Waals surface area contributed by atoms with E-state index in [1.165, 1.54) is 12.1 Å². The highest BCUT2D eigenvalue weighted by Crippen LogP contribution is 2.25. The number of halogens is 1. The van der Waals surface area contributed by atoms with Crippen LogP contribution in [0, 0.1) is 19.7 Å². The molecule has 5 nitrogen and oxygen atoms in total. The van der Waals surface area contributed by atoms with Crippen molar-refractivity contribution in [3.05, 3.63) is 89.0 Å². The second-order valence-electron chi connectivity index (χ2n) is 7.09. The summed E-state index contributed by atoms with van der Waals surface area (Å²) in [7, 11) is 0. The average molecular weight is 388 g/mol. The molecule has 1 atom stereocenters. The minimum absolute atomic E-state index is 0.139. The van der Waals surface area contributed by atoms with Crippen LogP contribution in [0.3, 0.4) is 0 Å². The summed E-state index contributed by atoms with van der Waals surface area (Å²) < 4.78 is 15.0. The lowest BCUT2D eigenvalue weighted by Gasteiger charge is -2.15. The fourth-order valence-corrected chi connectivity index (χ4v) is 3.45. The predicted molar refractivity (Wildman–Crippen MR) is 111 cm³/mol. The van der Waals surface area contributed by atoms with Crippen LogP contribution in [0.4, 0.5) is 4.39 Å². The summed E-state index contributed by atoms with van der Waals surface area (Å²) in [5.41, 5.74) is 4.22. The van der Waals surface area contributed by atoms with Crippen LogP contribution in [-0.2, 0) is 0 Å². The maximum Gasteiger partial charge on any atom is 0.252 e. The van der Waals surface area contributed by atoms with Crippen molar-refractivity contribution in [1.29, 1.82) is 0 Å². The van der Waals surface area contributed by atoms with Gasteiger partial charge in [-0.25, -0.2) is 14.1 Å². The summed E-state index contributed by atoms with van der Waals surface area (Å²) in [6.07, 6.45) is 0. The Bertz CT molecular complexity index is 1180. The maximum absolute atomic E-state index is 13.3. The van der Waals surface area contributed by atoms with Crippen molar-refractivity contribution in [2.45, 2.75) is 26.8 Å². The number of aromatic nitrogens is 3. The van der Waals surface area contributed by atoms with Gasteiger partial charge in [-0.05, 0) is 56.7 Å². The number of hydrogen-bond acceptors (Lipinski definition) is 3. The van der Waals surface area contributed by atoms with Crippen LogP contribution in [0.5, 0.6) is 0 Å². The van der Waals surface area contributed by atoms with Crippen LogP contribution >= 0.6 is 0 Å². The van der Waals surface area contributed by atoms with Gasteiger partial charge in [0.05, 0.1) is 28.4 Å². The van der Waals surface area contributed by atoms with Crippen LogP contribution in [-0.4, -0.2) is 20.7 Å². The molecule has 4 aromatic rings. The zero-order valence-corrected chi connectivity index (χ0v) is 16.5. The van der Waals surface area contributed by atoms with Crippen LogP contribution in [0.25, 0.3) is 16.7 Å². The van der Waals surface area contributed by atoms with E-state index in [1.807, 2.05) is 51.1 Å². The molecule has 2 heterocycles. The number of carbonyl (C=O) groups is 1. The molecule has 2 aromatic heterocycles. The topological polar surface area (TPSA) is 59.8 Å². The first-order valence-electron chi connectivity index (χ1n) is 9.43. The molecule has 0 radical (unpaired) electrons. The summed E-state index contributed by atoms with van der Waals surface area (Å²) in [5, 5.41) is 8.32. The number of nitrogens with zero attached hydrogens (tertiary/aromatic N) is 3. The predicted octanol–water partition coefficient (Wildman–Crippen LogP) is 4.67. The highest BCUT2D eigenvalue weighted by molar-refractivity contribution is 6.07. The van der Waals surface area contributed by atoms with Gasteiger partial charge in [0.1, 0.15) is 5.82 Å². The van der Waals surface area contributed by atoms with Gasteiger partial charge in [0.2, 0.25) is 0 Å². The first-order valence-corrected chi connectivity index (χ1v) is 9.43. The molecule has 0 spiro atoms. The van der Waals surface area contributed by atoms with Crippen LogP contribution in [0.1, 0.15) is 40.3 Å². The van der Waals surface area contributed by atoms with Gasteiger partial charge in [0.25, 0.3) is 5.91 Å². The van der Waals surface area contributed by atoms with Crippen molar-refractivity contribution in [2.75, 3.05) is 0 Å². The van der Waals surface area contributed by atoms with E-state index in [1.54, 1.807) is 22.9 Å². The van der Waals surface area contributed by atoms with Crippen molar-refractivity contribution in [3.63, 3.8) is 0 Å². The van der Waals surface area contributed by atoms with E-state index >= 15 is 0 Å². The van der Waals surface area contributed by atoms with Gasteiger partial charge in [0, 0.05) is 5.69 Å². The highest BCUT2D eigenvalue weighted by Gasteiger charge is 2.21. The van der Waals surface area contributed by atoms with E-state index in [0.29, 0.717) is 33.7 Å². The lowest BCUT2D eigenvalue weighted by atomic mass is 10.1. The molecule has 2 aromatic carbocycles. The van der Waals surface area contributed by atoms with Gasteiger partial charge < -0.3 is 5.32 Å². The fourth-order valence-electron chi connectivity index (χ4n) is 3.45. The Hall–Kier alpha value is -3.54. The molecule has 0 aliphatic heterocycles. The first kappa shape index (κ1) is 18.8. The minimum atomic E-state index is -0.318. The first-order chi connectivity index (χ1) is 13.9. The molecule has 1 amide bonds. The fraction of sp³-hybridized carbons (Fsp3) is 0.174. The molecule has 0 saturated carbocycles. The van der Waals surface area contributed by atoms with E-state index in [-0.39, 0.29) is 17.8 Å². The lowest BCUT2D eigenvalue weighted by Crippen LogP contribution is -2.27. The zero-order chi connectivity index (χ0) is 20.5. The van der Waals surface area contributed by atoms with Gasteiger partial charge in [-0.3, -0.25) is 4.79 Å². The molecule has 1 N–H and O–H groups in total. The molecule has 0 unspecified atom stereocenters. The quantitative estimate of drug-likeness (QED) is 0.553. The average Bonchev–Trinajstić information content (AvgIpc) is 3.04. The molecule has 0 aliphatic carbocycles. The number of aryl methyl sites for hydroxylation is 2. The smallest absolute Gasteiger partial charge is 0.252 e. The van der Waals surface area contributed by atoms with E-state index in [0.717, 1.165) is 5.56 Å². The van der Waals surface area contributed by atoms with Crippen molar-refractivity contribution >= 4 is 16.9 Å². The summed E-state index contributed by atoms with van der Waals surface area (Å²) in [5.74, 6) is -0.500.